The van der Waals surface area contributed by atoms with E-state index in [0.717, 1.165) is 5.56 Å². The van der Waals surface area contributed by atoms with Gasteiger partial charge in [-0.25, -0.2) is 4.79 Å². The van der Waals surface area contributed by atoms with Crippen molar-refractivity contribution in [3.63, 3.8) is 0 Å². The van der Waals surface area contributed by atoms with Gasteiger partial charge in [-0.1, -0.05) is 30.3 Å². The zero-order chi connectivity index (χ0) is 18.0. The van der Waals surface area contributed by atoms with Gasteiger partial charge in [0.25, 0.3) is 0 Å². The van der Waals surface area contributed by atoms with Crippen LogP contribution in [0.3, 0.4) is 0 Å². The molecular weight excluding hydrogens is 328 g/mol. The lowest BCUT2D eigenvalue weighted by molar-refractivity contribution is -0.152. The van der Waals surface area contributed by atoms with Crippen LogP contribution in [0.2, 0.25) is 0 Å². The molecule has 8 nitrogen and oxygen atoms in total. The number of carboxylic acid groups (broad SMARTS) is 1. The Balaban J connectivity index is 1.64. The smallest absolute Gasteiger partial charge is 0.410 e. The molecule has 3 rings (SSSR count). The van der Waals surface area contributed by atoms with Gasteiger partial charge in [0.15, 0.2) is 6.23 Å². The number of ether oxygens (including phenoxy) is 2. The van der Waals surface area contributed by atoms with E-state index in [2.05, 4.69) is 0 Å². The number of hydrogen-bond acceptors (Lipinski definition) is 5. The first-order valence-corrected chi connectivity index (χ1v) is 8.10. The molecule has 1 aromatic rings. The molecular formula is C17H20N2O6. The maximum atomic E-state index is 12.6. The second-order valence-corrected chi connectivity index (χ2v) is 6.15. The summed E-state index contributed by atoms with van der Waals surface area (Å²) in [6.45, 7) is 2.05. The summed E-state index contributed by atoms with van der Waals surface area (Å²) in [4.78, 5) is 38.7. The van der Waals surface area contributed by atoms with Gasteiger partial charge in [0.1, 0.15) is 12.6 Å². The molecule has 2 aliphatic rings. The van der Waals surface area contributed by atoms with Crippen LogP contribution in [0.25, 0.3) is 0 Å². The summed E-state index contributed by atoms with van der Waals surface area (Å²) in [5.74, 6) is -1.31. The molecule has 8 heteroatoms. The third-order valence-electron chi connectivity index (χ3n) is 4.47. The van der Waals surface area contributed by atoms with Crippen molar-refractivity contribution in [1.29, 1.82) is 0 Å². The normalized spacial score (nSPS) is 25.6. The van der Waals surface area contributed by atoms with Crippen molar-refractivity contribution < 1.29 is 29.0 Å². The van der Waals surface area contributed by atoms with E-state index >= 15 is 0 Å². The second-order valence-electron chi connectivity index (χ2n) is 6.15. The molecule has 2 saturated heterocycles. The zero-order valence-electron chi connectivity index (χ0n) is 13.8. The maximum Gasteiger partial charge on any atom is 0.410 e. The number of nitrogens with zero attached hydrogens (tertiary/aromatic N) is 2. The van der Waals surface area contributed by atoms with E-state index in [1.165, 1.54) is 9.80 Å². The molecule has 3 atom stereocenters. The van der Waals surface area contributed by atoms with Crippen molar-refractivity contribution in [2.24, 2.45) is 0 Å². The largest absolute Gasteiger partial charge is 0.481 e. The number of aliphatic carboxylic acids is 1. The van der Waals surface area contributed by atoms with Crippen molar-refractivity contribution in [2.75, 3.05) is 13.2 Å². The molecule has 0 aliphatic carbocycles. The number of carboxylic acids is 1. The minimum atomic E-state index is -0.987. The summed E-state index contributed by atoms with van der Waals surface area (Å²) in [6.07, 6.45) is -1.39. The lowest BCUT2D eigenvalue weighted by atomic mass is 10.1. The van der Waals surface area contributed by atoms with Crippen LogP contribution in [0.4, 0.5) is 4.79 Å². The molecule has 1 aromatic carbocycles. The highest BCUT2D eigenvalue weighted by molar-refractivity contribution is 5.87. The first kappa shape index (κ1) is 17.2. The van der Waals surface area contributed by atoms with Crippen molar-refractivity contribution in [1.82, 2.24) is 9.80 Å². The minimum absolute atomic E-state index is 0.119. The van der Waals surface area contributed by atoms with Gasteiger partial charge in [0, 0.05) is 0 Å². The predicted octanol–water partition coefficient (Wildman–Crippen LogP) is 1.06. The Morgan fingerprint density at radius 1 is 1.32 bits per heavy atom. The van der Waals surface area contributed by atoms with Crippen LogP contribution in [-0.2, 0) is 25.7 Å². The Hall–Kier alpha value is -2.61. The molecule has 2 fully saturated rings. The summed E-state index contributed by atoms with van der Waals surface area (Å²) in [7, 11) is 0. The maximum absolute atomic E-state index is 12.6. The molecule has 0 radical (unpaired) electrons. The molecule has 1 N–H and O–H groups in total. The molecule has 0 spiro atoms. The Morgan fingerprint density at radius 2 is 2.04 bits per heavy atom. The van der Waals surface area contributed by atoms with Crippen LogP contribution in [0.5, 0.6) is 0 Å². The highest BCUT2D eigenvalue weighted by Crippen LogP contribution is 2.27. The fourth-order valence-electron chi connectivity index (χ4n) is 3.15. The van der Waals surface area contributed by atoms with Gasteiger partial charge >= 0.3 is 12.1 Å². The summed E-state index contributed by atoms with van der Waals surface area (Å²) < 4.78 is 10.8. The van der Waals surface area contributed by atoms with Crippen LogP contribution >= 0.6 is 0 Å². The van der Waals surface area contributed by atoms with Gasteiger partial charge in [0.05, 0.1) is 25.6 Å². The number of carbonyl (C=O) groups is 3. The molecule has 25 heavy (non-hydrogen) atoms. The third-order valence-corrected chi connectivity index (χ3v) is 4.47. The fourth-order valence-corrected chi connectivity index (χ4v) is 3.15. The van der Waals surface area contributed by atoms with Crippen LogP contribution < -0.4 is 0 Å². The lowest BCUT2D eigenvalue weighted by Gasteiger charge is -2.41. The summed E-state index contributed by atoms with van der Waals surface area (Å²) in [6, 6.07) is 8.03. The zero-order valence-corrected chi connectivity index (χ0v) is 13.8. The van der Waals surface area contributed by atoms with Gasteiger partial charge < -0.3 is 19.5 Å². The van der Waals surface area contributed by atoms with Gasteiger partial charge in [-0.15, -0.1) is 0 Å². The van der Waals surface area contributed by atoms with Gasteiger partial charge in [0.2, 0.25) is 5.91 Å². The number of fused-ring (bicyclic) bond motifs is 1. The van der Waals surface area contributed by atoms with Crippen molar-refractivity contribution in [3.05, 3.63) is 35.9 Å². The number of piperazine rings is 1. The quantitative estimate of drug-likeness (QED) is 0.874. The first-order valence-electron chi connectivity index (χ1n) is 8.10. The Bertz CT molecular complexity index is 664. The molecule has 0 saturated carbocycles. The Labute approximate surface area is 144 Å². The summed E-state index contributed by atoms with van der Waals surface area (Å²) in [5.41, 5.74) is 0.854. The predicted molar refractivity (Wildman–Crippen MR) is 85.4 cm³/mol. The van der Waals surface area contributed by atoms with E-state index in [9.17, 15) is 14.4 Å². The highest BCUT2D eigenvalue weighted by atomic mass is 16.6. The lowest BCUT2D eigenvalue weighted by Crippen LogP contribution is -2.62. The van der Waals surface area contributed by atoms with Gasteiger partial charge in [-0.3, -0.25) is 14.5 Å². The van der Waals surface area contributed by atoms with E-state index in [1.807, 2.05) is 30.3 Å². The average Bonchev–Trinajstić information content (AvgIpc) is 2.99. The van der Waals surface area contributed by atoms with Crippen LogP contribution in [-0.4, -0.2) is 64.3 Å². The van der Waals surface area contributed by atoms with Crippen molar-refractivity contribution in [3.8, 4) is 0 Å². The number of carbonyl (C=O) groups excluding carboxylic acids is 2. The minimum Gasteiger partial charge on any atom is -0.481 e. The van der Waals surface area contributed by atoms with Crippen LogP contribution in [0.1, 0.15) is 18.9 Å². The van der Waals surface area contributed by atoms with Crippen LogP contribution in [0, 0.1) is 0 Å². The number of rotatable bonds is 4. The number of hydrogen-bond donors (Lipinski definition) is 1. The highest BCUT2D eigenvalue weighted by Gasteiger charge is 2.48. The monoisotopic (exact) mass is 348 g/mol. The summed E-state index contributed by atoms with van der Waals surface area (Å²) in [5, 5.41) is 8.96. The molecule has 2 amide bonds. The van der Waals surface area contributed by atoms with Crippen molar-refractivity contribution >= 4 is 18.0 Å². The van der Waals surface area contributed by atoms with Gasteiger partial charge in [-0.2, -0.15) is 0 Å². The summed E-state index contributed by atoms with van der Waals surface area (Å²) >= 11 is 0. The number of amides is 2. The molecule has 134 valence electrons. The van der Waals surface area contributed by atoms with Crippen molar-refractivity contribution in [2.45, 2.75) is 38.3 Å². The topological polar surface area (TPSA) is 96.4 Å². The van der Waals surface area contributed by atoms with E-state index in [4.69, 9.17) is 14.6 Å². The van der Waals surface area contributed by atoms with E-state index in [-0.39, 0.29) is 32.1 Å². The number of benzene rings is 1. The SMILES string of the molecule is C[C@H]1C(=O)N2C(CN1C(=O)OCc1ccccc1)OC[C@@H]2CC(=O)O. The molecule has 0 bridgehead atoms. The molecule has 2 aliphatic heterocycles. The van der Waals surface area contributed by atoms with E-state index in [1.54, 1.807) is 6.92 Å². The Morgan fingerprint density at radius 3 is 2.72 bits per heavy atom. The second kappa shape index (κ2) is 7.10. The standard InChI is InChI=1S/C17H20N2O6/c1-11-16(22)19-13(7-15(20)21)10-24-14(19)8-18(11)17(23)25-9-12-5-3-2-4-6-12/h2-6,11,13-14H,7-10H2,1H3,(H,20,21)/t11-,13-,14?/m0/s1. The molecule has 2 heterocycles. The van der Waals surface area contributed by atoms with Gasteiger partial charge in [-0.05, 0) is 12.5 Å². The Kier molecular flexibility index (Phi) is 4.89. The third kappa shape index (κ3) is 3.58. The molecule has 0 aromatic heterocycles. The van der Waals surface area contributed by atoms with E-state index in [0.29, 0.717) is 0 Å². The van der Waals surface area contributed by atoms with E-state index < -0.39 is 30.4 Å². The first-order chi connectivity index (χ1) is 12.0. The average molecular weight is 348 g/mol. The molecule has 1 unspecified atom stereocenters. The fraction of sp³-hybridized carbons (Fsp3) is 0.471. The van der Waals surface area contributed by atoms with Crippen LogP contribution in [0.15, 0.2) is 30.3 Å².